The zero-order valence-corrected chi connectivity index (χ0v) is 12.8. The van der Waals surface area contributed by atoms with Crippen molar-refractivity contribution in [2.75, 3.05) is 12.3 Å². The van der Waals surface area contributed by atoms with Gasteiger partial charge in [0.05, 0.1) is 5.03 Å². The highest BCUT2D eigenvalue weighted by atomic mass is 35.5. The van der Waals surface area contributed by atoms with Crippen LogP contribution in [0.25, 0.3) is 0 Å². The first-order valence-electron chi connectivity index (χ1n) is 5.78. The Bertz CT molecular complexity index is 589. The fourth-order valence-corrected chi connectivity index (χ4v) is 3.06. The van der Waals surface area contributed by atoms with Crippen LogP contribution in [0.3, 0.4) is 0 Å². The summed E-state index contributed by atoms with van der Waals surface area (Å²) in [6.07, 6.45) is -2.19. The molecule has 1 saturated heterocycles. The standard InChI is InChI=1S/C12H9ClF4N2S2/c13-11-8(14)3-7(5-18-11)6-19-1-2-21-10(19)4-9(20)12(15,16)17/h3-5H,1-2,6H2/b10-4-. The van der Waals surface area contributed by atoms with E-state index in [-0.39, 0.29) is 11.7 Å². The van der Waals surface area contributed by atoms with Crippen molar-refractivity contribution in [1.82, 2.24) is 9.88 Å². The van der Waals surface area contributed by atoms with E-state index in [1.165, 1.54) is 24.0 Å². The van der Waals surface area contributed by atoms with Crippen molar-refractivity contribution in [1.29, 1.82) is 0 Å². The molecule has 114 valence electrons. The second-order valence-electron chi connectivity index (χ2n) is 4.23. The van der Waals surface area contributed by atoms with Crippen LogP contribution in [0.1, 0.15) is 5.56 Å². The lowest BCUT2D eigenvalue weighted by Gasteiger charge is -2.19. The molecule has 1 aromatic rings. The van der Waals surface area contributed by atoms with Crippen LogP contribution in [0.4, 0.5) is 17.6 Å². The van der Waals surface area contributed by atoms with Gasteiger partial charge in [0.2, 0.25) is 0 Å². The number of halogens is 5. The topological polar surface area (TPSA) is 16.1 Å². The lowest BCUT2D eigenvalue weighted by Crippen LogP contribution is -2.22. The Morgan fingerprint density at radius 3 is 2.86 bits per heavy atom. The predicted octanol–water partition coefficient (Wildman–Crippen LogP) is 4.20. The summed E-state index contributed by atoms with van der Waals surface area (Å²) in [6.45, 7) is 0.807. The zero-order chi connectivity index (χ0) is 15.6. The molecule has 1 fully saturated rings. The van der Waals surface area contributed by atoms with Crippen LogP contribution in [0.5, 0.6) is 0 Å². The van der Waals surface area contributed by atoms with Crippen LogP contribution in [-0.2, 0) is 6.54 Å². The summed E-state index contributed by atoms with van der Waals surface area (Å²) in [4.78, 5) is 4.31. The highest BCUT2D eigenvalue weighted by Gasteiger charge is 2.33. The second kappa shape index (κ2) is 6.50. The van der Waals surface area contributed by atoms with Gasteiger partial charge in [-0.15, -0.1) is 11.8 Å². The molecule has 0 saturated carbocycles. The summed E-state index contributed by atoms with van der Waals surface area (Å²) >= 11 is 11.1. The zero-order valence-electron chi connectivity index (χ0n) is 10.5. The maximum absolute atomic E-state index is 13.3. The molecule has 2 rings (SSSR count). The molecular weight excluding hydrogens is 348 g/mol. The molecule has 2 nitrogen and oxygen atoms in total. The molecule has 0 bridgehead atoms. The summed E-state index contributed by atoms with van der Waals surface area (Å²) in [6, 6.07) is 1.22. The van der Waals surface area contributed by atoms with Gasteiger partial charge in [0.1, 0.15) is 4.86 Å². The summed E-state index contributed by atoms with van der Waals surface area (Å²) in [7, 11) is 0. The molecular formula is C12H9ClF4N2S2. The van der Waals surface area contributed by atoms with E-state index in [0.29, 0.717) is 22.9 Å². The molecule has 0 atom stereocenters. The number of alkyl halides is 3. The predicted molar refractivity (Wildman–Crippen MR) is 78.8 cm³/mol. The fourth-order valence-electron chi connectivity index (χ4n) is 1.71. The lowest BCUT2D eigenvalue weighted by molar-refractivity contribution is -0.0553. The normalized spacial score (nSPS) is 17.6. The maximum atomic E-state index is 13.3. The highest BCUT2D eigenvalue weighted by Crippen LogP contribution is 2.31. The molecule has 9 heteroatoms. The van der Waals surface area contributed by atoms with Crippen molar-refractivity contribution in [3.63, 3.8) is 0 Å². The Morgan fingerprint density at radius 1 is 1.52 bits per heavy atom. The molecule has 2 heterocycles. The van der Waals surface area contributed by atoms with Crippen LogP contribution in [0, 0.1) is 5.82 Å². The first-order valence-corrected chi connectivity index (χ1v) is 7.55. The highest BCUT2D eigenvalue weighted by molar-refractivity contribution is 8.03. The molecule has 0 spiro atoms. The van der Waals surface area contributed by atoms with Crippen molar-refractivity contribution in [3.8, 4) is 0 Å². The number of hydrogen-bond acceptors (Lipinski definition) is 4. The van der Waals surface area contributed by atoms with E-state index >= 15 is 0 Å². The fraction of sp³-hybridized carbons (Fsp3) is 0.333. The number of thiocarbonyl (C=S) groups is 1. The average molecular weight is 357 g/mol. The van der Waals surface area contributed by atoms with Crippen LogP contribution < -0.4 is 0 Å². The van der Waals surface area contributed by atoms with E-state index in [1.807, 2.05) is 0 Å². The Hall–Kier alpha value is -0.860. The van der Waals surface area contributed by atoms with E-state index in [9.17, 15) is 17.6 Å². The van der Waals surface area contributed by atoms with Gasteiger partial charge in [-0.3, -0.25) is 0 Å². The molecule has 21 heavy (non-hydrogen) atoms. The quantitative estimate of drug-likeness (QED) is 0.349. The molecule has 1 aliphatic heterocycles. The van der Waals surface area contributed by atoms with Gasteiger partial charge in [0.15, 0.2) is 11.0 Å². The minimum Gasteiger partial charge on any atom is -0.361 e. The number of pyridine rings is 1. The van der Waals surface area contributed by atoms with Crippen molar-refractivity contribution in [2.45, 2.75) is 12.7 Å². The largest absolute Gasteiger partial charge is 0.426 e. The number of aromatic nitrogens is 1. The molecule has 1 aliphatic rings. The van der Waals surface area contributed by atoms with Crippen molar-refractivity contribution < 1.29 is 17.6 Å². The summed E-state index contributed by atoms with van der Waals surface area (Å²) in [5, 5.41) is 0.191. The van der Waals surface area contributed by atoms with E-state index < -0.39 is 16.9 Å². The monoisotopic (exact) mass is 356 g/mol. The number of allylic oxidation sites excluding steroid dienone is 1. The Morgan fingerprint density at radius 2 is 2.24 bits per heavy atom. The molecule has 0 radical (unpaired) electrons. The van der Waals surface area contributed by atoms with Crippen LogP contribution in [-0.4, -0.2) is 33.2 Å². The number of hydrogen-bond donors (Lipinski definition) is 0. The third-order valence-corrected chi connectivity index (χ3v) is 4.37. The van der Waals surface area contributed by atoms with Crippen LogP contribution in [0.15, 0.2) is 23.4 Å². The van der Waals surface area contributed by atoms with Gasteiger partial charge in [-0.25, -0.2) is 9.37 Å². The first kappa shape index (κ1) is 16.5. The van der Waals surface area contributed by atoms with Crippen LogP contribution in [0.2, 0.25) is 5.15 Å². The van der Waals surface area contributed by atoms with Crippen molar-refractivity contribution >= 4 is 40.4 Å². The molecule has 0 amide bonds. The van der Waals surface area contributed by atoms with Gasteiger partial charge < -0.3 is 4.90 Å². The molecule has 0 N–H and O–H groups in total. The maximum Gasteiger partial charge on any atom is 0.426 e. The third-order valence-electron chi connectivity index (χ3n) is 2.68. The van der Waals surface area contributed by atoms with Gasteiger partial charge in [-0.2, -0.15) is 13.2 Å². The number of thioether (sulfide) groups is 1. The van der Waals surface area contributed by atoms with Crippen LogP contribution >= 0.6 is 35.6 Å². The second-order valence-corrected chi connectivity index (χ2v) is 6.14. The van der Waals surface area contributed by atoms with Crippen molar-refractivity contribution in [2.24, 2.45) is 0 Å². The lowest BCUT2D eigenvalue weighted by atomic mass is 10.2. The smallest absolute Gasteiger partial charge is 0.361 e. The van der Waals surface area contributed by atoms with E-state index in [1.54, 1.807) is 4.90 Å². The van der Waals surface area contributed by atoms with Gasteiger partial charge in [0.25, 0.3) is 0 Å². The minimum atomic E-state index is -4.52. The van der Waals surface area contributed by atoms with E-state index in [4.69, 9.17) is 11.6 Å². The Kier molecular flexibility index (Phi) is 5.11. The summed E-state index contributed by atoms with van der Waals surface area (Å²) in [5.41, 5.74) is 0.531. The van der Waals surface area contributed by atoms with Gasteiger partial charge >= 0.3 is 6.18 Å². The van der Waals surface area contributed by atoms with Gasteiger partial charge in [-0.1, -0.05) is 23.8 Å². The number of nitrogens with zero attached hydrogens (tertiary/aromatic N) is 2. The Balaban J connectivity index is 2.14. The SMILES string of the molecule is Fc1cc(CN2CCS/C2=C\C(=S)C(F)(F)F)cnc1Cl. The average Bonchev–Trinajstić information content (AvgIpc) is 2.80. The summed E-state index contributed by atoms with van der Waals surface area (Å²) < 4.78 is 50.7. The van der Waals surface area contributed by atoms with E-state index in [0.717, 1.165) is 6.08 Å². The number of rotatable bonds is 3. The molecule has 0 unspecified atom stereocenters. The van der Waals surface area contributed by atoms with E-state index in [2.05, 4.69) is 17.2 Å². The van der Waals surface area contributed by atoms with Gasteiger partial charge in [-0.05, 0) is 17.7 Å². The molecule has 1 aromatic heterocycles. The first-order chi connectivity index (χ1) is 9.77. The molecule has 0 aliphatic carbocycles. The Labute approximate surface area is 133 Å². The molecule has 0 aromatic carbocycles. The minimum absolute atomic E-state index is 0.233. The summed E-state index contributed by atoms with van der Waals surface area (Å²) in [5.74, 6) is -0.00661. The van der Waals surface area contributed by atoms with Crippen molar-refractivity contribution in [3.05, 3.63) is 39.9 Å². The van der Waals surface area contributed by atoms with Gasteiger partial charge in [0, 0.05) is 25.0 Å². The third kappa shape index (κ3) is 4.31.